The van der Waals surface area contributed by atoms with Crippen LogP contribution in [0.1, 0.15) is 24.8 Å². The van der Waals surface area contributed by atoms with E-state index < -0.39 is 6.10 Å². The Kier molecular flexibility index (Phi) is 4.20. The molecule has 0 saturated heterocycles. The molecular weight excluding hydrogens is 250 g/mol. The van der Waals surface area contributed by atoms with Crippen LogP contribution in [-0.2, 0) is 0 Å². The van der Waals surface area contributed by atoms with E-state index in [-0.39, 0.29) is 0 Å². The molecule has 0 aliphatic heterocycles. The monoisotopic (exact) mass is 265 g/mol. The van der Waals surface area contributed by atoms with E-state index in [0.717, 1.165) is 21.2 Å². The van der Waals surface area contributed by atoms with Gasteiger partial charge < -0.3 is 5.11 Å². The SMILES string of the molecule is CCSc1ccc(-c2ncc(C(C)O)s2)cc1. The normalized spacial score (nSPS) is 12.6. The molecule has 1 heterocycles. The summed E-state index contributed by atoms with van der Waals surface area (Å²) in [4.78, 5) is 6.53. The number of aliphatic hydroxyl groups excluding tert-OH is 1. The van der Waals surface area contributed by atoms with E-state index >= 15 is 0 Å². The Morgan fingerprint density at radius 3 is 2.59 bits per heavy atom. The molecule has 1 aromatic carbocycles. The lowest BCUT2D eigenvalue weighted by Crippen LogP contribution is -1.83. The van der Waals surface area contributed by atoms with Crippen LogP contribution >= 0.6 is 23.1 Å². The van der Waals surface area contributed by atoms with Gasteiger partial charge in [0.05, 0.1) is 11.0 Å². The molecular formula is C13H15NOS2. The Morgan fingerprint density at radius 1 is 1.35 bits per heavy atom. The smallest absolute Gasteiger partial charge is 0.123 e. The second-order valence-corrected chi connectivity index (χ2v) is 6.10. The molecule has 0 aliphatic rings. The van der Waals surface area contributed by atoms with Crippen molar-refractivity contribution in [3.05, 3.63) is 35.3 Å². The number of benzene rings is 1. The van der Waals surface area contributed by atoms with Crippen molar-refractivity contribution in [1.82, 2.24) is 4.98 Å². The van der Waals surface area contributed by atoms with Gasteiger partial charge in [0.25, 0.3) is 0 Å². The summed E-state index contributed by atoms with van der Waals surface area (Å²) in [6, 6.07) is 8.41. The first kappa shape index (κ1) is 12.6. The second-order valence-electron chi connectivity index (χ2n) is 3.70. The van der Waals surface area contributed by atoms with Crippen molar-refractivity contribution in [2.24, 2.45) is 0 Å². The molecule has 2 aromatic rings. The van der Waals surface area contributed by atoms with Gasteiger partial charge in [0.2, 0.25) is 0 Å². The molecule has 1 N–H and O–H groups in total. The highest BCUT2D eigenvalue weighted by molar-refractivity contribution is 7.99. The lowest BCUT2D eigenvalue weighted by atomic mass is 10.2. The largest absolute Gasteiger partial charge is 0.388 e. The zero-order chi connectivity index (χ0) is 12.3. The first-order valence-corrected chi connectivity index (χ1v) is 7.38. The summed E-state index contributed by atoms with van der Waals surface area (Å²) in [7, 11) is 0. The summed E-state index contributed by atoms with van der Waals surface area (Å²) in [5.74, 6) is 1.09. The summed E-state index contributed by atoms with van der Waals surface area (Å²) in [5.41, 5.74) is 1.11. The highest BCUT2D eigenvalue weighted by Crippen LogP contribution is 2.29. The quantitative estimate of drug-likeness (QED) is 0.849. The molecule has 4 heteroatoms. The minimum atomic E-state index is -0.434. The number of hydrogen-bond acceptors (Lipinski definition) is 4. The van der Waals surface area contributed by atoms with Crippen molar-refractivity contribution >= 4 is 23.1 Å². The molecule has 0 amide bonds. The van der Waals surface area contributed by atoms with Crippen LogP contribution in [0, 0.1) is 0 Å². The molecule has 1 unspecified atom stereocenters. The van der Waals surface area contributed by atoms with Gasteiger partial charge in [-0.15, -0.1) is 23.1 Å². The Balaban J connectivity index is 2.21. The van der Waals surface area contributed by atoms with Gasteiger partial charge >= 0.3 is 0 Å². The van der Waals surface area contributed by atoms with Gasteiger partial charge in [-0.2, -0.15) is 0 Å². The lowest BCUT2D eigenvalue weighted by molar-refractivity contribution is 0.203. The Bertz CT molecular complexity index is 476. The average molecular weight is 265 g/mol. The van der Waals surface area contributed by atoms with Gasteiger partial charge in [0.15, 0.2) is 0 Å². The number of rotatable bonds is 4. The van der Waals surface area contributed by atoms with Crippen molar-refractivity contribution in [1.29, 1.82) is 0 Å². The van der Waals surface area contributed by atoms with Gasteiger partial charge in [0.1, 0.15) is 5.01 Å². The highest BCUT2D eigenvalue weighted by atomic mass is 32.2. The fourth-order valence-electron chi connectivity index (χ4n) is 1.47. The van der Waals surface area contributed by atoms with Gasteiger partial charge in [-0.05, 0) is 24.8 Å². The van der Waals surface area contributed by atoms with E-state index in [1.54, 1.807) is 24.5 Å². The fraction of sp³-hybridized carbons (Fsp3) is 0.308. The van der Waals surface area contributed by atoms with E-state index in [4.69, 9.17) is 0 Å². The summed E-state index contributed by atoms with van der Waals surface area (Å²) < 4.78 is 0. The standard InChI is InChI=1S/C13H15NOS2/c1-3-16-11-6-4-10(5-7-11)13-14-8-12(17-13)9(2)15/h4-9,15H,3H2,1-2H3. The Hall–Kier alpha value is -0.840. The number of aliphatic hydroxyl groups is 1. The fourth-order valence-corrected chi connectivity index (χ4v) is 2.99. The van der Waals surface area contributed by atoms with Crippen molar-refractivity contribution in [3.63, 3.8) is 0 Å². The third-order valence-corrected chi connectivity index (χ3v) is 4.46. The molecule has 0 spiro atoms. The Morgan fingerprint density at radius 2 is 2.06 bits per heavy atom. The molecule has 90 valence electrons. The van der Waals surface area contributed by atoms with E-state index in [2.05, 4.69) is 36.2 Å². The molecule has 1 aromatic heterocycles. The summed E-state index contributed by atoms with van der Waals surface area (Å²) in [5, 5.41) is 10.4. The third-order valence-electron chi connectivity index (χ3n) is 2.35. The van der Waals surface area contributed by atoms with Gasteiger partial charge in [-0.25, -0.2) is 4.98 Å². The summed E-state index contributed by atoms with van der Waals surface area (Å²) in [6.45, 7) is 3.91. The maximum atomic E-state index is 9.47. The van der Waals surface area contributed by atoms with E-state index in [9.17, 15) is 5.11 Å². The molecule has 1 atom stereocenters. The number of aromatic nitrogens is 1. The van der Waals surface area contributed by atoms with Crippen molar-refractivity contribution in [2.75, 3.05) is 5.75 Å². The van der Waals surface area contributed by atoms with Gasteiger partial charge in [-0.1, -0.05) is 19.1 Å². The van der Waals surface area contributed by atoms with Crippen LogP contribution in [0.2, 0.25) is 0 Å². The van der Waals surface area contributed by atoms with Gasteiger partial charge in [0, 0.05) is 16.7 Å². The van der Waals surface area contributed by atoms with Crippen LogP contribution in [0.25, 0.3) is 10.6 Å². The second kappa shape index (κ2) is 5.67. The van der Waals surface area contributed by atoms with E-state index in [0.29, 0.717) is 0 Å². The average Bonchev–Trinajstić information content (AvgIpc) is 2.80. The maximum Gasteiger partial charge on any atom is 0.123 e. The number of thioether (sulfide) groups is 1. The van der Waals surface area contributed by atoms with E-state index in [1.807, 2.05) is 11.8 Å². The zero-order valence-corrected chi connectivity index (χ0v) is 11.5. The van der Waals surface area contributed by atoms with Crippen LogP contribution in [0.5, 0.6) is 0 Å². The van der Waals surface area contributed by atoms with E-state index in [1.165, 1.54) is 4.90 Å². The van der Waals surface area contributed by atoms with Crippen molar-refractivity contribution < 1.29 is 5.11 Å². The van der Waals surface area contributed by atoms with Gasteiger partial charge in [-0.3, -0.25) is 0 Å². The van der Waals surface area contributed by atoms with Crippen LogP contribution < -0.4 is 0 Å². The third kappa shape index (κ3) is 3.09. The molecule has 0 bridgehead atoms. The first-order chi connectivity index (χ1) is 8.20. The number of nitrogens with zero attached hydrogens (tertiary/aromatic N) is 1. The topological polar surface area (TPSA) is 33.1 Å². The molecule has 2 nitrogen and oxygen atoms in total. The lowest BCUT2D eigenvalue weighted by Gasteiger charge is -2.00. The highest BCUT2D eigenvalue weighted by Gasteiger charge is 2.08. The van der Waals surface area contributed by atoms with Crippen LogP contribution in [-0.4, -0.2) is 15.8 Å². The predicted molar refractivity (Wildman–Crippen MR) is 74.6 cm³/mol. The first-order valence-electron chi connectivity index (χ1n) is 5.57. The minimum Gasteiger partial charge on any atom is -0.388 e. The van der Waals surface area contributed by atoms with Crippen LogP contribution in [0.4, 0.5) is 0 Å². The maximum absolute atomic E-state index is 9.47. The predicted octanol–water partition coefficient (Wildman–Crippen LogP) is 3.98. The number of thiazole rings is 1. The van der Waals surface area contributed by atoms with Crippen molar-refractivity contribution in [3.8, 4) is 10.6 Å². The molecule has 2 rings (SSSR count). The molecule has 0 saturated carbocycles. The molecule has 17 heavy (non-hydrogen) atoms. The molecule has 0 fully saturated rings. The van der Waals surface area contributed by atoms with Crippen molar-refractivity contribution in [2.45, 2.75) is 24.8 Å². The number of hydrogen-bond donors (Lipinski definition) is 1. The van der Waals surface area contributed by atoms with Crippen LogP contribution in [0.15, 0.2) is 35.4 Å². The molecule has 0 aliphatic carbocycles. The minimum absolute atomic E-state index is 0.434. The molecule has 0 radical (unpaired) electrons. The zero-order valence-electron chi connectivity index (χ0n) is 9.88. The summed E-state index contributed by atoms with van der Waals surface area (Å²) in [6.07, 6.45) is 1.32. The van der Waals surface area contributed by atoms with Crippen LogP contribution in [0.3, 0.4) is 0 Å². The Labute approximate surface area is 110 Å². The summed E-state index contributed by atoms with van der Waals surface area (Å²) >= 11 is 3.38.